The number of aromatic nitrogens is 1. The van der Waals surface area contributed by atoms with Crippen molar-refractivity contribution in [2.75, 3.05) is 12.3 Å². The number of carbonyl (C=O) groups is 1. The van der Waals surface area contributed by atoms with Gasteiger partial charge in [-0.3, -0.25) is 9.59 Å². The molecular formula is C12H17N3O2. The summed E-state index contributed by atoms with van der Waals surface area (Å²) in [6, 6.07) is 3.60. The van der Waals surface area contributed by atoms with Gasteiger partial charge in [0.1, 0.15) is 6.54 Å². The maximum atomic E-state index is 12.0. The summed E-state index contributed by atoms with van der Waals surface area (Å²) < 4.78 is 1.36. The smallest absolute Gasteiger partial charge is 0.274 e. The van der Waals surface area contributed by atoms with Gasteiger partial charge in [-0.25, -0.2) is 0 Å². The van der Waals surface area contributed by atoms with Gasteiger partial charge in [0, 0.05) is 18.8 Å². The largest absolute Gasteiger partial charge is 0.394 e. The monoisotopic (exact) mass is 235 g/mol. The molecule has 2 N–H and O–H groups in total. The molecule has 0 atom stereocenters. The van der Waals surface area contributed by atoms with Crippen molar-refractivity contribution in [1.82, 2.24) is 9.47 Å². The van der Waals surface area contributed by atoms with E-state index in [2.05, 4.69) is 0 Å². The Balaban J connectivity index is 2.12. The minimum atomic E-state index is -0.298. The molecule has 1 aliphatic carbocycles. The molecule has 0 aromatic carbocycles. The molecule has 0 unspecified atom stereocenters. The molecule has 1 aromatic rings. The molecule has 1 saturated carbocycles. The molecular weight excluding hydrogens is 218 g/mol. The topological polar surface area (TPSA) is 68.3 Å². The number of nitrogen functional groups attached to an aromatic ring is 1. The lowest BCUT2D eigenvalue weighted by molar-refractivity contribution is -0.132. The van der Waals surface area contributed by atoms with Crippen LogP contribution in [0.2, 0.25) is 0 Å². The number of anilines is 1. The van der Waals surface area contributed by atoms with E-state index in [1.54, 1.807) is 18.3 Å². The molecule has 0 radical (unpaired) electrons. The van der Waals surface area contributed by atoms with Crippen molar-refractivity contribution in [3.8, 4) is 0 Å². The highest BCUT2D eigenvalue weighted by Crippen LogP contribution is 2.26. The van der Waals surface area contributed by atoms with E-state index in [1.807, 2.05) is 11.8 Å². The molecule has 0 spiro atoms. The fourth-order valence-electron chi connectivity index (χ4n) is 1.94. The molecule has 17 heavy (non-hydrogen) atoms. The number of likely N-dealkylation sites (N-methyl/N-ethyl adjacent to an activating group) is 1. The number of rotatable bonds is 4. The molecule has 0 aliphatic heterocycles. The molecule has 1 aliphatic rings. The summed E-state index contributed by atoms with van der Waals surface area (Å²) in [5.41, 5.74) is 5.40. The van der Waals surface area contributed by atoms with Crippen molar-refractivity contribution in [1.29, 1.82) is 0 Å². The third-order valence-electron chi connectivity index (χ3n) is 3.00. The van der Waals surface area contributed by atoms with Crippen LogP contribution in [0.25, 0.3) is 0 Å². The molecule has 92 valence electrons. The number of nitrogens with two attached hydrogens (primary N) is 1. The Labute approximate surface area is 99.8 Å². The number of hydrogen-bond donors (Lipinski definition) is 1. The van der Waals surface area contributed by atoms with Crippen LogP contribution in [0, 0.1) is 0 Å². The Bertz CT molecular complexity index is 477. The predicted octanol–water partition coefficient (Wildman–Crippen LogP) is 0.441. The zero-order valence-corrected chi connectivity index (χ0v) is 9.93. The van der Waals surface area contributed by atoms with Crippen LogP contribution in [0.5, 0.6) is 0 Å². The lowest BCUT2D eigenvalue weighted by Crippen LogP contribution is -2.38. The number of nitrogens with zero attached hydrogens (tertiary/aromatic N) is 2. The second-order valence-electron chi connectivity index (χ2n) is 4.31. The Morgan fingerprint density at radius 1 is 1.59 bits per heavy atom. The van der Waals surface area contributed by atoms with Crippen LogP contribution in [0.4, 0.5) is 5.69 Å². The Morgan fingerprint density at radius 2 is 2.29 bits per heavy atom. The van der Waals surface area contributed by atoms with E-state index in [1.165, 1.54) is 4.57 Å². The summed E-state index contributed by atoms with van der Waals surface area (Å²) in [5, 5.41) is 0. The van der Waals surface area contributed by atoms with E-state index >= 15 is 0 Å². The number of carbonyl (C=O) groups excluding carboxylic acids is 1. The third kappa shape index (κ3) is 2.49. The first kappa shape index (κ1) is 11.7. The van der Waals surface area contributed by atoms with Crippen molar-refractivity contribution in [3.05, 3.63) is 28.7 Å². The van der Waals surface area contributed by atoms with Gasteiger partial charge in [0.15, 0.2) is 0 Å². The lowest BCUT2D eigenvalue weighted by atomic mass is 10.4. The molecule has 1 heterocycles. The first-order valence-electron chi connectivity index (χ1n) is 5.88. The molecule has 0 saturated heterocycles. The average molecular weight is 235 g/mol. The summed E-state index contributed by atoms with van der Waals surface area (Å²) in [7, 11) is 0. The quantitative estimate of drug-likeness (QED) is 0.823. The van der Waals surface area contributed by atoms with E-state index in [0.717, 1.165) is 12.8 Å². The normalized spacial score (nSPS) is 14.6. The zero-order valence-electron chi connectivity index (χ0n) is 9.93. The third-order valence-corrected chi connectivity index (χ3v) is 3.00. The van der Waals surface area contributed by atoms with Crippen LogP contribution in [0.3, 0.4) is 0 Å². The van der Waals surface area contributed by atoms with Crippen LogP contribution in [0.15, 0.2) is 23.1 Å². The molecule has 5 heteroatoms. The summed E-state index contributed by atoms with van der Waals surface area (Å²) >= 11 is 0. The van der Waals surface area contributed by atoms with Crippen molar-refractivity contribution < 1.29 is 4.79 Å². The second kappa shape index (κ2) is 4.61. The lowest BCUT2D eigenvalue weighted by Gasteiger charge is -2.20. The standard InChI is InChI=1S/C12H17N3O2/c1-2-15(9-5-6-9)11(16)8-14-7-3-4-10(13)12(14)17/h3-4,7,9H,2,5-6,8,13H2,1H3. The van der Waals surface area contributed by atoms with Crippen molar-refractivity contribution in [2.45, 2.75) is 32.4 Å². The minimum Gasteiger partial charge on any atom is -0.394 e. The van der Waals surface area contributed by atoms with Crippen LogP contribution < -0.4 is 11.3 Å². The van der Waals surface area contributed by atoms with Crippen molar-refractivity contribution >= 4 is 11.6 Å². The fourth-order valence-corrected chi connectivity index (χ4v) is 1.94. The number of pyridine rings is 1. The highest BCUT2D eigenvalue weighted by Gasteiger charge is 2.31. The number of amides is 1. The maximum Gasteiger partial charge on any atom is 0.274 e. The first-order valence-corrected chi connectivity index (χ1v) is 5.88. The Kier molecular flexibility index (Phi) is 3.17. The van der Waals surface area contributed by atoms with Gasteiger partial charge in [-0.1, -0.05) is 0 Å². The summed E-state index contributed by atoms with van der Waals surface area (Å²) in [5.74, 6) is -0.0114. The SMILES string of the molecule is CCN(C(=O)Cn1cccc(N)c1=O)C1CC1. The maximum absolute atomic E-state index is 12.0. The minimum absolute atomic E-state index is 0.0114. The van der Waals surface area contributed by atoms with Crippen molar-refractivity contribution in [2.24, 2.45) is 0 Å². The summed E-state index contributed by atoms with van der Waals surface area (Å²) in [6.07, 6.45) is 3.74. The van der Waals surface area contributed by atoms with Gasteiger partial charge in [0.25, 0.3) is 5.56 Å². The van der Waals surface area contributed by atoms with Gasteiger partial charge >= 0.3 is 0 Å². The number of hydrogen-bond acceptors (Lipinski definition) is 3. The molecule has 2 rings (SSSR count). The molecule has 1 amide bonds. The molecule has 5 nitrogen and oxygen atoms in total. The van der Waals surface area contributed by atoms with E-state index in [0.29, 0.717) is 12.6 Å². The van der Waals surface area contributed by atoms with E-state index in [-0.39, 0.29) is 23.7 Å². The van der Waals surface area contributed by atoms with Crippen LogP contribution >= 0.6 is 0 Å². The Morgan fingerprint density at radius 3 is 2.88 bits per heavy atom. The van der Waals surface area contributed by atoms with E-state index in [4.69, 9.17) is 5.73 Å². The van der Waals surface area contributed by atoms with Gasteiger partial charge in [-0.2, -0.15) is 0 Å². The van der Waals surface area contributed by atoms with E-state index < -0.39 is 0 Å². The van der Waals surface area contributed by atoms with Crippen LogP contribution in [-0.4, -0.2) is 28.0 Å². The van der Waals surface area contributed by atoms with Gasteiger partial charge < -0.3 is 15.2 Å². The first-order chi connectivity index (χ1) is 8.13. The van der Waals surface area contributed by atoms with Crippen LogP contribution in [0.1, 0.15) is 19.8 Å². The fraction of sp³-hybridized carbons (Fsp3) is 0.500. The highest BCUT2D eigenvalue weighted by atomic mass is 16.2. The molecule has 1 aromatic heterocycles. The molecule has 1 fully saturated rings. The van der Waals surface area contributed by atoms with Crippen molar-refractivity contribution in [3.63, 3.8) is 0 Å². The van der Waals surface area contributed by atoms with E-state index in [9.17, 15) is 9.59 Å². The average Bonchev–Trinajstić information content (AvgIpc) is 3.10. The van der Waals surface area contributed by atoms with Gasteiger partial charge in [0.2, 0.25) is 5.91 Å². The van der Waals surface area contributed by atoms with Gasteiger partial charge in [-0.05, 0) is 31.9 Å². The highest BCUT2D eigenvalue weighted by molar-refractivity contribution is 5.76. The predicted molar refractivity (Wildman–Crippen MR) is 65.5 cm³/mol. The molecule has 0 bridgehead atoms. The van der Waals surface area contributed by atoms with Gasteiger partial charge in [0.05, 0.1) is 5.69 Å². The summed E-state index contributed by atoms with van der Waals surface area (Å²) in [4.78, 5) is 25.5. The zero-order chi connectivity index (χ0) is 12.4. The second-order valence-corrected chi connectivity index (χ2v) is 4.31. The summed E-state index contributed by atoms with van der Waals surface area (Å²) in [6.45, 7) is 2.73. The Hall–Kier alpha value is -1.78. The van der Waals surface area contributed by atoms with Gasteiger partial charge in [-0.15, -0.1) is 0 Å². The van der Waals surface area contributed by atoms with Crippen LogP contribution in [-0.2, 0) is 11.3 Å².